The summed E-state index contributed by atoms with van der Waals surface area (Å²) in [6.45, 7) is 2.41. The summed E-state index contributed by atoms with van der Waals surface area (Å²) in [5.74, 6) is 0. The van der Waals surface area contributed by atoms with Crippen molar-refractivity contribution < 1.29 is 4.57 Å². The van der Waals surface area contributed by atoms with Gasteiger partial charge in [-0.05, 0) is 53.5 Å². The molecule has 1 atom stereocenters. The van der Waals surface area contributed by atoms with Crippen LogP contribution in [0.2, 0.25) is 0 Å². The highest BCUT2D eigenvalue weighted by Gasteiger charge is 2.43. The third-order valence-corrected chi connectivity index (χ3v) is 8.60. The number of rotatable bonds is 4. The van der Waals surface area contributed by atoms with Crippen LogP contribution in [-0.4, -0.2) is 7.05 Å². The maximum Gasteiger partial charge on any atom is 0.262 e. The molecule has 0 radical (unpaired) electrons. The zero-order chi connectivity index (χ0) is 24.0. The number of hydrogen-bond donors (Lipinski definition) is 0. The van der Waals surface area contributed by atoms with E-state index in [1.165, 1.54) is 48.5 Å². The topological polar surface area (TPSA) is 7.12 Å². The fourth-order valence-electron chi connectivity index (χ4n) is 5.71. The van der Waals surface area contributed by atoms with Crippen molar-refractivity contribution in [3.63, 3.8) is 0 Å². The van der Waals surface area contributed by atoms with Crippen molar-refractivity contribution in [2.75, 3.05) is 11.9 Å². The Morgan fingerprint density at radius 1 is 0.886 bits per heavy atom. The molecule has 1 unspecified atom stereocenters. The van der Waals surface area contributed by atoms with E-state index in [0.29, 0.717) is 0 Å². The predicted octanol–water partition coefficient (Wildman–Crippen LogP) is 7.43. The Labute approximate surface area is 211 Å². The highest BCUT2D eigenvalue weighted by Crippen LogP contribution is 2.51. The monoisotopic (exact) mass is 473 g/mol. The lowest BCUT2D eigenvalue weighted by Gasteiger charge is -2.29. The van der Waals surface area contributed by atoms with Crippen molar-refractivity contribution in [2.45, 2.75) is 18.8 Å². The molecule has 0 aliphatic carbocycles. The molecule has 6 rings (SSSR count). The second kappa shape index (κ2) is 8.51. The zero-order valence-electron chi connectivity index (χ0n) is 20.4. The van der Waals surface area contributed by atoms with Gasteiger partial charge in [0.15, 0.2) is 0 Å². The summed E-state index contributed by atoms with van der Waals surface area (Å²) in [5, 5.41) is 3.89. The van der Waals surface area contributed by atoms with E-state index in [-0.39, 0.29) is 5.41 Å². The van der Waals surface area contributed by atoms with Crippen LogP contribution >= 0.6 is 11.3 Å². The van der Waals surface area contributed by atoms with Crippen LogP contribution in [0.5, 0.6) is 0 Å². The van der Waals surface area contributed by atoms with Crippen LogP contribution in [0.25, 0.3) is 27.1 Å². The molecular formula is C32H29N2S+. The van der Waals surface area contributed by atoms with Crippen LogP contribution in [-0.2, 0) is 18.9 Å². The summed E-state index contributed by atoms with van der Waals surface area (Å²) >= 11 is 1.83. The first-order valence-corrected chi connectivity index (χ1v) is 12.9. The molecule has 35 heavy (non-hydrogen) atoms. The van der Waals surface area contributed by atoms with Crippen molar-refractivity contribution in [3.8, 4) is 0 Å². The van der Waals surface area contributed by atoms with Gasteiger partial charge in [-0.15, -0.1) is 0 Å². The van der Waals surface area contributed by atoms with E-state index in [0.717, 1.165) is 6.42 Å². The zero-order valence-corrected chi connectivity index (χ0v) is 21.2. The van der Waals surface area contributed by atoms with E-state index in [2.05, 4.69) is 140 Å². The lowest BCUT2D eigenvalue weighted by Crippen LogP contribution is -2.29. The van der Waals surface area contributed by atoms with Crippen LogP contribution in [0, 0.1) is 0 Å². The average molecular weight is 474 g/mol. The average Bonchev–Trinajstić information content (AvgIpc) is 3.31. The molecule has 0 amide bonds. The molecule has 2 heterocycles. The van der Waals surface area contributed by atoms with Gasteiger partial charge in [-0.2, -0.15) is 4.57 Å². The number of hydrogen-bond acceptors (Lipinski definition) is 2. The molecule has 0 saturated carbocycles. The summed E-state index contributed by atoms with van der Waals surface area (Å²) in [7, 11) is 4.36. The van der Waals surface area contributed by atoms with Gasteiger partial charge in [0.25, 0.3) is 5.01 Å². The molecule has 0 N–H and O–H groups in total. The van der Waals surface area contributed by atoms with Crippen molar-refractivity contribution in [1.82, 2.24) is 0 Å². The summed E-state index contributed by atoms with van der Waals surface area (Å²) in [6, 6.07) is 32.8. The highest BCUT2D eigenvalue weighted by molar-refractivity contribution is 7.18. The third kappa shape index (κ3) is 3.59. The van der Waals surface area contributed by atoms with Gasteiger partial charge in [0.05, 0.1) is 0 Å². The minimum atomic E-state index is -0.140. The summed E-state index contributed by atoms with van der Waals surface area (Å²) in [4.78, 5) is 2.39. The van der Waals surface area contributed by atoms with Gasteiger partial charge in [0.2, 0.25) is 5.52 Å². The summed E-state index contributed by atoms with van der Waals surface area (Å²) in [5.41, 5.74) is 6.54. The van der Waals surface area contributed by atoms with Gasteiger partial charge in [0, 0.05) is 36.0 Å². The molecular weight excluding hydrogens is 444 g/mol. The van der Waals surface area contributed by atoms with Crippen LogP contribution in [0.3, 0.4) is 0 Å². The lowest BCUT2D eigenvalue weighted by atomic mass is 9.74. The number of para-hydroxylation sites is 1. The number of aryl methyl sites for hydroxylation is 1. The highest BCUT2D eigenvalue weighted by atomic mass is 32.1. The van der Waals surface area contributed by atoms with Crippen molar-refractivity contribution in [1.29, 1.82) is 0 Å². The van der Waals surface area contributed by atoms with E-state index >= 15 is 0 Å². The maximum atomic E-state index is 2.41. The van der Waals surface area contributed by atoms with E-state index in [1.54, 1.807) is 0 Å². The molecule has 0 bridgehead atoms. The first-order valence-electron chi connectivity index (χ1n) is 12.1. The number of thiazole rings is 1. The molecule has 0 fully saturated rings. The maximum absolute atomic E-state index is 2.41. The number of aromatic nitrogens is 1. The molecule has 3 heteroatoms. The second-order valence-corrected chi connectivity index (χ2v) is 10.7. The smallest absolute Gasteiger partial charge is 0.262 e. The molecule has 0 saturated heterocycles. The molecule has 1 aliphatic rings. The number of benzene rings is 4. The molecule has 172 valence electrons. The lowest BCUT2D eigenvalue weighted by molar-refractivity contribution is -0.642. The van der Waals surface area contributed by atoms with Gasteiger partial charge >= 0.3 is 0 Å². The van der Waals surface area contributed by atoms with Gasteiger partial charge in [-0.25, -0.2) is 0 Å². The molecule has 1 aromatic heterocycles. The largest absolute Gasteiger partial charge is 0.347 e. The number of likely N-dealkylation sites (N-methyl/N-ethyl adjacent to an activating group) is 1. The molecule has 0 spiro atoms. The third-order valence-electron chi connectivity index (χ3n) is 7.41. The van der Waals surface area contributed by atoms with E-state index in [9.17, 15) is 0 Å². The van der Waals surface area contributed by atoms with Crippen molar-refractivity contribution >= 4 is 44.1 Å². The number of fused-ring (bicyclic) bond motifs is 4. The molecule has 4 aromatic carbocycles. The fourth-order valence-corrected chi connectivity index (χ4v) is 6.78. The minimum absolute atomic E-state index is 0.140. The Morgan fingerprint density at radius 2 is 1.63 bits per heavy atom. The molecule has 5 aromatic rings. The SMILES string of the molecule is CN1/C(=C/C=C/c2sc3ccccc3[n+]2C)C(C)(Cc2ccccc2)c2c1ccc1ccccc21. The van der Waals surface area contributed by atoms with Crippen molar-refractivity contribution in [3.05, 3.63) is 125 Å². The normalized spacial score (nSPS) is 18.8. The van der Waals surface area contributed by atoms with Crippen molar-refractivity contribution in [2.24, 2.45) is 7.05 Å². The standard InChI is InChI=1S/C32H29N2S/c1-32(22-23-12-5-4-6-13-23)29(18-11-19-30-34(3)26-16-9-10-17-28(26)35-30)33(2)27-21-20-24-14-7-8-15-25(24)31(27)32/h4-21H,22H2,1-3H3/q+1. The summed E-state index contributed by atoms with van der Waals surface area (Å²) in [6.07, 6.45) is 7.75. The van der Waals surface area contributed by atoms with Gasteiger partial charge < -0.3 is 4.90 Å². The Balaban J connectivity index is 1.48. The molecule has 2 nitrogen and oxygen atoms in total. The number of allylic oxidation sites excluding steroid dienone is 3. The van der Waals surface area contributed by atoms with Gasteiger partial charge in [-0.1, -0.05) is 90.2 Å². The Kier molecular flexibility index (Phi) is 5.31. The molecule has 1 aliphatic heterocycles. The first kappa shape index (κ1) is 21.8. The van der Waals surface area contributed by atoms with Crippen LogP contribution < -0.4 is 9.47 Å². The minimum Gasteiger partial charge on any atom is -0.347 e. The van der Waals surface area contributed by atoms with E-state index in [4.69, 9.17) is 0 Å². The Hall–Kier alpha value is -3.69. The van der Waals surface area contributed by atoms with Crippen LogP contribution in [0.15, 0.2) is 109 Å². The van der Waals surface area contributed by atoms with Gasteiger partial charge in [-0.3, -0.25) is 0 Å². The summed E-state index contributed by atoms with van der Waals surface area (Å²) < 4.78 is 3.59. The second-order valence-electron chi connectivity index (χ2n) is 9.61. The fraction of sp³-hybridized carbons (Fsp3) is 0.156. The quantitative estimate of drug-likeness (QED) is 0.246. The van der Waals surface area contributed by atoms with Gasteiger partial charge in [0.1, 0.15) is 11.7 Å². The Bertz CT molecular complexity index is 1610. The van der Waals surface area contributed by atoms with Crippen LogP contribution in [0.4, 0.5) is 5.69 Å². The number of anilines is 1. The van der Waals surface area contributed by atoms with E-state index in [1.807, 2.05) is 11.3 Å². The van der Waals surface area contributed by atoms with E-state index < -0.39 is 0 Å². The van der Waals surface area contributed by atoms with Crippen LogP contribution in [0.1, 0.15) is 23.1 Å². The number of nitrogens with zero attached hydrogens (tertiary/aromatic N) is 2. The Morgan fingerprint density at radius 3 is 2.46 bits per heavy atom. The first-order chi connectivity index (χ1) is 17.1. The predicted molar refractivity (Wildman–Crippen MR) is 150 cm³/mol.